The van der Waals surface area contributed by atoms with Gasteiger partial charge in [-0.2, -0.15) is 0 Å². The fraction of sp³-hybridized carbons (Fsp3) is 0.167. The molecule has 1 aliphatic rings. The normalized spacial score (nSPS) is 15.2. The van der Waals surface area contributed by atoms with E-state index >= 15 is 0 Å². The molecule has 1 nitrogen and oxygen atoms in total. The number of benzene rings is 1. The van der Waals surface area contributed by atoms with Gasteiger partial charge in [-0.3, -0.25) is 0 Å². The van der Waals surface area contributed by atoms with Gasteiger partial charge in [0.2, 0.25) is 0 Å². The lowest BCUT2D eigenvalue weighted by atomic mass is 10.0. The summed E-state index contributed by atoms with van der Waals surface area (Å²) in [7, 11) is 0. The van der Waals surface area contributed by atoms with Gasteiger partial charge in [-0.15, -0.1) is 0 Å². The molecule has 3 rings (SSSR count). The smallest absolute Gasteiger partial charge is 0.136 e. The molecule has 0 unspecified atom stereocenters. The number of furan rings is 1. The van der Waals surface area contributed by atoms with Gasteiger partial charge in [-0.25, -0.2) is 0 Å². The molecule has 0 N–H and O–H groups in total. The van der Waals surface area contributed by atoms with E-state index in [0.717, 1.165) is 28.7 Å². The second kappa shape index (κ2) is 3.63. The minimum atomic E-state index is 0.983. The lowest BCUT2D eigenvalue weighted by molar-refractivity contribution is 0.546. The molecule has 1 aromatic heterocycles. The van der Waals surface area contributed by atoms with E-state index in [1.807, 2.05) is 12.1 Å². The highest BCUT2D eigenvalue weighted by atomic mass is 127. The summed E-state index contributed by atoms with van der Waals surface area (Å²) in [4.78, 5) is 0. The lowest BCUT2D eigenvalue weighted by Crippen LogP contribution is -1.91. The summed E-state index contributed by atoms with van der Waals surface area (Å²) >= 11 is 5.98. The maximum absolute atomic E-state index is 5.84. The van der Waals surface area contributed by atoms with Gasteiger partial charge in [-0.1, -0.05) is 22.0 Å². The third-order valence-corrected chi connectivity index (χ3v) is 4.18. The average molecular weight is 375 g/mol. The molecule has 0 spiro atoms. The SMILES string of the molecule is Brc1cccc2oc3c(c12)C=C(I)CC3. The Kier molecular flexibility index (Phi) is 2.39. The van der Waals surface area contributed by atoms with Gasteiger partial charge in [0, 0.05) is 21.8 Å². The summed E-state index contributed by atoms with van der Waals surface area (Å²) in [6.45, 7) is 0. The van der Waals surface area contributed by atoms with Gasteiger partial charge >= 0.3 is 0 Å². The fourth-order valence-electron chi connectivity index (χ4n) is 1.98. The van der Waals surface area contributed by atoms with Gasteiger partial charge in [-0.05, 0) is 50.8 Å². The molecular formula is C12H8BrIO. The van der Waals surface area contributed by atoms with Crippen LogP contribution in [0, 0.1) is 0 Å². The molecule has 0 amide bonds. The minimum Gasteiger partial charge on any atom is -0.460 e. The molecule has 0 radical (unpaired) electrons. The Hall–Kier alpha value is -0.290. The largest absolute Gasteiger partial charge is 0.460 e. The summed E-state index contributed by atoms with van der Waals surface area (Å²) < 4.78 is 8.36. The molecule has 0 bridgehead atoms. The van der Waals surface area contributed by atoms with Crippen LogP contribution in [0.1, 0.15) is 17.7 Å². The maximum Gasteiger partial charge on any atom is 0.136 e. The van der Waals surface area contributed by atoms with E-state index in [4.69, 9.17) is 4.42 Å². The number of allylic oxidation sites excluding steroid dienone is 1. The highest BCUT2D eigenvalue weighted by molar-refractivity contribution is 14.1. The summed E-state index contributed by atoms with van der Waals surface area (Å²) in [5.41, 5.74) is 2.24. The molecule has 0 aliphatic heterocycles. The van der Waals surface area contributed by atoms with Crippen LogP contribution in [-0.4, -0.2) is 0 Å². The molecular weight excluding hydrogens is 367 g/mol. The van der Waals surface area contributed by atoms with Crippen molar-refractivity contribution < 1.29 is 4.42 Å². The molecule has 3 heteroatoms. The van der Waals surface area contributed by atoms with Crippen LogP contribution in [-0.2, 0) is 6.42 Å². The van der Waals surface area contributed by atoms with Crippen molar-refractivity contribution in [2.75, 3.05) is 0 Å². The average Bonchev–Trinajstić information content (AvgIpc) is 2.57. The third kappa shape index (κ3) is 1.56. The molecule has 1 aliphatic carbocycles. The zero-order valence-electron chi connectivity index (χ0n) is 7.89. The molecule has 1 heterocycles. The molecule has 0 fully saturated rings. The van der Waals surface area contributed by atoms with Crippen molar-refractivity contribution in [3.05, 3.63) is 37.6 Å². The van der Waals surface area contributed by atoms with E-state index in [-0.39, 0.29) is 0 Å². The minimum absolute atomic E-state index is 0.983. The number of aryl methyl sites for hydroxylation is 1. The number of hydrogen-bond donors (Lipinski definition) is 0. The second-order valence-electron chi connectivity index (χ2n) is 3.64. The van der Waals surface area contributed by atoms with Crippen LogP contribution in [0.3, 0.4) is 0 Å². The Morgan fingerprint density at radius 2 is 2.13 bits per heavy atom. The standard InChI is InChI=1S/C12H8BrIO/c13-9-2-1-3-11-12(9)8-6-7(14)4-5-10(8)15-11/h1-3,6H,4-5H2. The third-order valence-electron chi connectivity index (χ3n) is 2.67. The predicted molar refractivity (Wildman–Crippen MR) is 74.2 cm³/mol. The van der Waals surface area contributed by atoms with Crippen LogP contribution in [0.4, 0.5) is 0 Å². The number of rotatable bonds is 0. The van der Waals surface area contributed by atoms with Crippen LogP contribution in [0.15, 0.2) is 30.7 Å². The van der Waals surface area contributed by atoms with E-state index in [1.165, 1.54) is 14.5 Å². The lowest BCUT2D eigenvalue weighted by Gasteiger charge is -2.06. The Bertz CT molecular complexity index is 568. The molecule has 0 saturated carbocycles. The first-order valence-corrected chi connectivity index (χ1v) is 6.69. The number of fused-ring (bicyclic) bond motifs is 3. The van der Waals surface area contributed by atoms with Crippen LogP contribution in [0.2, 0.25) is 0 Å². The van der Waals surface area contributed by atoms with Gasteiger partial charge < -0.3 is 4.42 Å². The fourth-order valence-corrected chi connectivity index (χ4v) is 3.12. The maximum atomic E-state index is 5.84. The van der Waals surface area contributed by atoms with Crippen molar-refractivity contribution in [1.82, 2.24) is 0 Å². The zero-order chi connectivity index (χ0) is 10.4. The predicted octanol–water partition coefficient (Wildman–Crippen LogP) is 4.92. The number of halogens is 2. The van der Waals surface area contributed by atoms with Crippen molar-refractivity contribution in [3.63, 3.8) is 0 Å². The van der Waals surface area contributed by atoms with Crippen molar-refractivity contribution >= 4 is 55.6 Å². The van der Waals surface area contributed by atoms with E-state index in [0.29, 0.717) is 0 Å². The van der Waals surface area contributed by atoms with Crippen molar-refractivity contribution in [1.29, 1.82) is 0 Å². The topological polar surface area (TPSA) is 13.1 Å². The van der Waals surface area contributed by atoms with Crippen molar-refractivity contribution in [2.45, 2.75) is 12.8 Å². The van der Waals surface area contributed by atoms with Crippen LogP contribution in [0.5, 0.6) is 0 Å². The van der Waals surface area contributed by atoms with E-state index in [2.05, 4.69) is 50.7 Å². The number of hydrogen-bond acceptors (Lipinski definition) is 1. The summed E-state index contributed by atoms with van der Waals surface area (Å²) in [6, 6.07) is 6.10. The first kappa shape index (κ1) is 9.90. The van der Waals surface area contributed by atoms with Crippen LogP contribution < -0.4 is 0 Å². The molecule has 2 aromatic rings. The highest BCUT2D eigenvalue weighted by Gasteiger charge is 2.18. The summed E-state index contributed by atoms with van der Waals surface area (Å²) in [5.74, 6) is 1.12. The quantitative estimate of drug-likeness (QED) is 0.596. The summed E-state index contributed by atoms with van der Waals surface area (Å²) in [5, 5.41) is 1.21. The Labute approximate surface area is 110 Å². The Balaban J connectivity index is 2.41. The van der Waals surface area contributed by atoms with Gasteiger partial charge in [0.15, 0.2) is 0 Å². The molecule has 15 heavy (non-hydrogen) atoms. The van der Waals surface area contributed by atoms with Crippen LogP contribution in [0.25, 0.3) is 17.0 Å². The zero-order valence-corrected chi connectivity index (χ0v) is 11.6. The molecule has 0 atom stereocenters. The van der Waals surface area contributed by atoms with E-state index in [9.17, 15) is 0 Å². The summed E-state index contributed by atoms with van der Waals surface area (Å²) in [6.07, 6.45) is 4.35. The van der Waals surface area contributed by atoms with Gasteiger partial charge in [0.25, 0.3) is 0 Å². The molecule has 1 aromatic carbocycles. The van der Waals surface area contributed by atoms with E-state index < -0.39 is 0 Å². The first-order valence-electron chi connectivity index (χ1n) is 4.81. The van der Waals surface area contributed by atoms with Crippen molar-refractivity contribution in [3.8, 4) is 0 Å². The molecule has 76 valence electrons. The van der Waals surface area contributed by atoms with Crippen LogP contribution >= 0.6 is 38.5 Å². The van der Waals surface area contributed by atoms with Crippen molar-refractivity contribution in [2.24, 2.45) is 0 Å². The van der Waals surface area contributed by atoms with Gasteiger partial charge in [0.1, 0.15) is 11.3 Å². The van der Waals surface area contributed by atoms with E-state index in [1.54, 1.807) is 0 Å². The highest BCUT2D eigenvalue weighted by Crippen LogP contribution is 2.38. The molecule has 0 saturated heterocycles. The second-order valence-corrected chi connectivity index (χ2v) is 5.88. The monoisotopic (exact) mass is 374 g/mol. The van der Waals surface area contributed by atoms with Gasteiger partial charge in [0.05, 0.1) is 0 Å². The Morgan fingerprint density at radius 3 is 3.00 bits per heavy atom. The Morgan fingerprint density at radius 1 is 1.27 bits per heavy atom. The first-order chi connectivity index (χ1) is 7.25.